The van der Waals surface area contributed by atoms with E-state index in [4.69, 9.17) is 9.15 Å². The molecule has 0 saturated carbocycles. The predicted octanol–water partition coefficient (Wildman–Crippen LogP) is 5.03. The van der Waals surface area contributed by atoms with Crippen molar-refractivity contribution in [1.29, 1.82) is 0 Å². The van der Waals surface area contributed by atoms with Crippen LogP contribution in [0.1, 0.15) is 23.0 Å². The van der Waals surface area contributed by atoms with E-state index in [0.29, 0.717) is 23.3 Å². The monoisotopic (exact) mass is 509 g/mol. The maximum Gasteiger partial charge on any atom is 0.307 e. The van der Waals surface area contributed by atoms with E-state index in [9.17, 15) is 14.9 Å². The number of nitro benzene ring substituents is 1. The highest BCUT2D eigenvalue weighted by molar-refractivity contribution is 9.11. The fourth-order valence-electron chi connectivity index (χ4n) is 2.41. The van der Waals surface area contributed by atoms with E-state index in [2.05, 4.69) is 42.4 Å². The molecule has 0 aliphatic heterocycles. The number of amides is 1. The van der Waals surface area contributed by atoms with Crippen molar-refractivity contribution in [2.45, 2.75) is 6.92 Å². The molecule has 0 spiro atoms. The van der Waals surface area contributed by atoms with Crippen LogP contribution >= 0.6 is 31.9 Å². The number of nitrogens with zero attached hydrogens (tertiary/aromatic N) is 2. The molecule has 1 N–H and O–H groups in total. The summed E-state index contributed by atoms with van der Waals surface area (Å²) in [6, 6.07) is 9.12. The Labute approximate surface area is 176 Å². The van der Waals surface area contributed by atoms with Gasteiger partial charge in [-0.15, -0.1) is 0 Å². The number of ether oxygens (including phenoxy) is 1. The normalized spacial score (nSPS) is 11.1. The minimum Gasteiger partial charge on any atom is -0.492 e. The van der Waals surface area contributed by atoms with Crippen LogP contribution in [-0.2, 0) is 0 Å². The van der Waals surface area contributed by atoms with Crippen molar-refractivity contribution in [3.05, 3.63) is 66.8 Å². The van der Waals surface area contributed by atoms with E-state index in [1.54, 1.807) is 12.1 Å². The number of benzene rings is 2. The predicted molar refractivity (Wildman–Crippen MR) is 111 cm³/mol. The molecule has 0 radical (unpaired) electrons. The van der Waals surface area contributed by atoms with Crippen LogP contribution in [0.15, 0.2) is 54.9 Å². The van der Waals surface area contributed by atoms with Gasteiger partial charge in [0.05, 0.1) is 26.7 Å². The summed E-state index contributed by atoms with van der Waals surface area (Å²) in [6.07, 6.45) is 1.47. The summed E-state index contributed by atoms with van der Waals surface area (Å²) in [5.41, 5.74) is 3.39. The molecular weight excluding hydrogens is 498 g/mol. The highest BCUT2D eigenvalue weighted by atomic mass is 79.9. The Kier molecular flexibility index (Phi) is 6.10. The molecule has 1 amide bonds. The fraction of sp³-hybridized carbons (Fsp3) is 0.111. The van der Waals surface area contributed by atoms with Crippen LogP contribution in [-0.4, -0.2) is 23.7 Å². The zero-order valence-electron chi connectivity index (χ0n) is 14.4. The maximum atomic E-state index is 12.2. The average Bonchev–Trinajstić information content (AvgIpc) is 3.08. The minimum atomic E-state index is -0.570. The molecule has 2 aromatic carbocycles. The summed E-state index contributed by atoms with van der Waals surface area (Å²) in [5, 5.41) is 15.2. The molecule has 0 fully saturated rings. The molecule has 0 bridgehead atoms. The smallest absolute Gasteiger partial charge is 0.307 e. The standard InChI is InChI=1S/C18H13Br2N3O5/c1-2-27-17-13(19)5-10(6-14(17)20)9-21-22-18(24)16-8-11-7-12(23(25)26)3-4-15(11)28-16/h3-9H,2H2,1H3,(H,22,24)/b21-9-. The molecule has 1 heterocycles. The van der Waals surface area contributed by atoms with Gasteiger partial charge in [-0.25, -0.2) is 5.43 Å². The number of fused-ring (bicyclic) bond motifs is 1. The maximum absolute atomic E-state index is 12.2. The van der Waals surface area contributed by atoms with Crippen LogP contribution in [0.25, 0.3) is 11.0 Å². The molecule has 28 heavy (non-hydrogen) atoms. The third kappa shape index (κ3) is 4.39. The topological polar surface area (TPSA) is 107 Å². The number of furan rings is 1. The first-order valence-electron chi connectivity index (χ1n) is 8.02. The van der Waals surface area contributed by atoms with Gasteiger partial charge < -0.3 is 9.15 Å². The van der Waals surface area contributed by atoms with Gasteiger partial charge in [0.25, 0.3) is 5.69 Å². The SMILES string of the molecule is CCOc1c(Br)cc(/C=N\NC(=O)c2cc3cc([N+](=O)[O-])ccc3o2)cc1Br. The van der Waals surface area contributed by atoms with Crippen LogP contribution in [0.3, 0.4) is 0 Å². The van der Waals surface area contributed by atoms with Crippen molar-refractivity contribution < 1.29 is 18.9 Å². The lowest BCUT2D eigenvalue weighted by Gasteiger charge is -2.09. The van der Waals surface area contributed by atoms with Gasteiger partial charge in [-0.05, 0) is 68.6 Å². The van der Waals surface area contributed by atoms with Crippen LogP contribution in [0.4, 0.5) is 5.69 Å². The largest absolute Gasteiger partial charge is 0.492 e. The van der Waals surface area contributed by atoms with Crippen molar-refractivity contribution in [1.82, 2.24) is 5.43 Å². The van der Waals surface area contributed by atoms with Gasteiger partial charge in [0, 0.05) is 17.5 Å². The van der Waals surface area contributed by atoms with Gasteiger partial charge in [0.15, 0.2) is 5.76 Å². The number of nitrogens with one attached hydrogen (secondary N) is 1. The molecule has 0 saturated heterocycles. The summed E-state index contributed by atoms with van der Waals surface area (Å²) in [5.74, 6) is 0.112. The first-order valence-corrected chi connectivity index (χ1v) is 9.61. The summed E-state index contributed by atoms with van der Waals surface area (Å²) in [7, 11) is 0. The Morgan fingerprint density at radius 1 is 1.29 bits per heavy atom. The first-order chi connectivity index (χ1) is 13.4. The molecule has 1 aromatic heterocycles. The van der Waals surface area contributed by atoms with Gasteiger partial charge in [-0.2, -0.15) is 5.10 Å². The van der Waals surface area contributed by atoms with Gasteiger partial charge in [-0.1, -0.05) is 0 Å². The Balaban J connectivity index is 1.73. The fourth-order valence-corrected chi connectivity index (χ4v) is 3.86. The number of carbonyl (C=O) groups excluding carboxylic acids is 1. The Hall–Kier alpha value is -2.72. The number of non-ortho nitro benzene ring substituents is 1. The zero-order valence-corrected chi connectivity index (χ0v) is 17.6. The van der Waals surface area contributed by atoms with Gasteiger partial charge >= 0.3 is 5.91 Å². The number of nitro groups is 1. The summed E-state index contributed by atoms with van der Waals surface area (Å²) < 4.78 is 12.4. The quantitative estimate of drug-likeness (QED) is 0.284. The van der Waals surface area contributed by atoms with Crippen molar-refractivity contribution in [3.8, 4) is 5.75 Å². The molecule has 144 valence electrons. The van der Waals surface area contributed by atoms with Crippen molar-refractivity contribution in [2.24, 2.45) is 5.10 Å². The second-order valence-electron chi connectivity index (χ2n) is 5.54. The van der Waals surface area contributed by atoms with E-state index >= 15 is 0 Å². The summed E-state index contributed by atoms with van der Waals surface area (Å²) in [6.45, 7) is 2.42. The molecule has 0 aliphatic rings. The Bertz CT molecular complexity index is 1070. The van der Waals surface area contributed by atoms with Gasteiger partial charge in [-0.3, -0.25) is 14.9 Å². The first kappa shape index (κ1) is 20.0. The van der Waals surface area contributed by atoms with Crippen molar-refractivity contribution in [3.63, 3.8) is 0 Å². The van der Waals surface area contributed by atoms with Crippen molar-refractivity contribution in [2.75, 3.05) is 6.61 Å². The number of hydrogen-bond donors (Lipinski definition) is 1. The average molecular weight is 511 g/mol. The molecule has 8 nitrogen and oxygen atoms in total. The van der Waals surface area contributed by atoms with E-state index in [-0.39, 0.29) is 11.4 Å². The number of halogens is 2. The van der Waals surface area contributed by atoms with Crippen LogP contribution in [0.5, 0.6) is 5.75 Å². The van der Waals surface area contributed by atoms with Crippen LogP contribution in [0.2, 0.25) is 0 Å². The Morgan fingerprint density at radius 3 is 2.64 bits per heavy atom. The molecule has 0 unspecified atom stereocenters. The molecule has 10 heteroatoms. The molecule has 3 rings (SSSR count). The highest BCUT2D eigenvalue weighted by Gasteiger charge is 2.14. The lowest BCUT2D eigenvalue weighted by molar-refractivity contribution is -0.384. The third-order valence-corrected chi connectivity index (χ3v) is 4.80. The zero-order chi connectivity index (χ0) is 20.3. The van der Waals surface area contributed by atoms with Crippen LogP contribution in [0, 0.1) is 10.1 Å². The highest BCUT2D eigenvalue weighted by Crippen LogP contribution is 2.34. The van der Waals surface area contributed by atoms with Crippen molar-refractivity contribution >= 4 is 60.6 Å². The minimum absolute atomic E-state index is 0.00158. The number of rotatable bonds is 6. The van der Waals surface area contributed by atoms with E-state index in [0.717, 1.165) is 14.5 Å². The second-order valence-corrected chi connectivity index (χ2v) is 7.24. The van der Waals surface area contributed by atoms with Crippen LogP contribution < -0.4 is 10.2 Å². The third-order valence-electron chi connectivity index (χ3n) is 3.62. The van der Waals surface area contributed by atoms with Gasteiger partial charge in [0.1, 0.15) is 11.3 Å². The van der Waals surface area contributed by atoms with E-state index in [1.165, 1.54) is 30.5 Å². The number of hydrogen-bond acceptors (Lipinski definition) is 6. The molecule has 3 aromatic rings. The van der Waals surface area contributed by atoms with E-state index < -0.39 is 10.8 Å². The Morgan fingerprint density at radius 2 is 2.00 bits per heavy atom. The molecular formula is C18H13Br2N3O5. The lowest BCUT2D eigenvalue weighted by Crippen LogP contribution is -2.16. The molecule has 0 atom stereocenters. The summed E-state index contributed by atoms with van der Waals surface area (Å²) in [4.78, 5) is 22.5. The lowest BCUT2D eigenvalue weighted by atomic mass is 10.2. The molecule has 0 aliphatic carbocycles. The van der Waals surface area contributed by atoms with Gasteiger partial charge in [0.2, 0.25) is 0 Å². The number of hydrazone groups is 1. The summed E-state index contributed by atoms with van der Waals surface area (Å²) >= 11 is 6.85. The van der Waals surface area contributed by atoms with E-state index in [1.807, 2.05) is 6.92 Å². The number of carbonyl (C=O) groups is 1. The second kappa shape index (κ2) is 8.53.